The molecular formula is C21H25N3O3. The summed E-state index contributed by atoms with van der Waals surface area (Å²) in [7, 11) is 1.65. The molecule has 0 bridgehead atoms. The standard InChI is InChI=1S/C21H25N3O3/c1-3-16-8-10-17(11-9-16)22-20(25)21(26)24-14-12-23(13-15-24)18-6-4-5-7-19(18)27-2/h4-11H,3,12-15H2,1-2H3,(H,22,25). The number of methoxy groups -OCH3 is 1. The third-order valence-electron chi connectivity index (χ3n) is 4.81. The van der Waals surface area contributed by atoms with Crippen LogP contribution in [0.3, 0.4) is 0 Å². The first-order valence-electron chi connectivity index (χ1n) is 9.19. The van der Waals surface area contributed by atoms with Gasteiger partial charge in [0.1, 0.15) is 5.75 Å². The fourth-order valence-corrected chi connectivity index (χ4v) is 3.19. The minimum absolute atomic E-state index is 0.491. The Labute approximate surface area is 159 Å². The number of aryl methyl sites for hydroxylation is 1. The predicted octanol–water partition coefficient (Wildman–Crippen LogP) is 2.54. The average Bonchev–Trinajstić information content (AvgIpc) is 2.73. The second-order valence-corrected chi connectivity index (χ2v) is 6.46. The van der Waals surface area contributed by atoms with Crippen molar-refractivity contribution in [2.45, 2.75) is 13.3 Å². The summed E-state index contributed by atoms with van der Waals surface area (Å²) in [4.78, 5) is 28.5. The average molecular weight is 367 g/mol. The lowest BCUT2D eigenvalue weighted by Crippen LogP contribution is -2.51. The molecular weight excluding hydrogens is 342 g/mol. The van der Waals surface area contributed by atoms with Crippen LogP contribution in [0, 0.1) is 0 Å². The lowest BCUT2D eigenvalue weighted by atomic mass is 10.1. The number of carbonyl (C=O) groups is 2. The molecule has 2 amide bonds. The van der Waals surface area contributed by atoms with E-state index in [0.717, 1.165) is 17.9 Å². The summed E-state index contributed by atoms with van der Waals surface area (Å²) >= 11 is 0. The summed E-state index contributed by atoms with van der Waals surface area (Å²) in [5.74, 6) is -0.273. The molecule has 2 aromatic carbocycles. The Kier molecular flexibility index (Phi) is 5.96. The Balaban J connectivity index is 1.56. The molecule has 0 aromatic heterocycles. The Morgan fingerprint density at radius 3 is 2.30 bits per heavy atom. The number of nitrogens with one attached hydrogen (secondary N) is 1. The number of ether oxygens (including phenoxy) is 1. The van der Waals surface area contributed by atoms with Crippen molar-refractivity contribution in [3.63, 3.8) is 0 Å². The van der Waals surface area contributed by atoms with Gasteiger partial charge in [0.05, 0.1) is 12.8 Å². The van der Waals surface area contributed by atoms with E-state index >= 15 is 0 Å². The molecule has 1 fully saturated rings. The fourth-order valence-electron chi connectivity index (χ4n) is 3.19. The van der Waals surface area contributed by atoms with E-state index in [1.165, 1.54) is 5.56 Å². The normalized spacial score (nSPS) is 14.0. The highest BCUT2D eigenvalue weighted by Gasteiger charge is 2.27. The Bertz CT molecular complexity index is 797. The van der Waals surface area contributed by atoms with Crippen LogP contribution in [0.4, 0.5) is 11.4 Å². The summed E-state index contributed by atoms with van der Waals surface area (Å²) in [5.41, 5.74) is 2.83. The van der Waals surface area contributed by atoms with Crippen LogP contribution >= 0.6 is 0 Å². The van der Waals surface area contributed by atoms with E-state index in [0.29, 0.717) is 31.9 Å². The van der Waals surface area contributed by atoms with Gasteiger partial charge in [0, 0.05) is 31.9 Å². The maximum absolute atomic E-state index is 12.5. The molecule has 1 aliphatic heterocycles. The van der Waals surface area contributed by atoms with Gasteiger partial charge in [-0.2, -0.15) is 0 Å². The summed E-state index contributed by atoms with van der Waals surface area (Å²) in [5, 5.41) is 2.69. The second kappa shape index (κ2) is 8.58. The van der Waals surface area contributed by atoms with Crippen molar-refractivity contribution in [2.24, 2.45) is 0 Å². The van der Waals surface area contributed by atoms with Crippen molar-refractivity contribution in [1.29, 1.82) is 0 Å². The van der Waals surface area contributed by atoms with Gasteiger partial charge in [-0.25, -0.2) is 0 Å². The first-order valence-corrected chi connectivity index (χ1v) is 9.19. The van der Waals surface area contributed by atoms with Gasteiger partial charge in [-0.05, 0) is 36.2 Å². The van der Waals surface area contributed by atoms with E-state index in [4.69, 9.17) is 4.74 Å². The Hall–Kier alpha value is -3.02. The van der Waals surface area contributed by atoms with E-state index < -0.39 is 11.8 Å². The van der Waals surface area contributed by atoms with Crippen LogP contribution in [0.2, 0.25) is 0 Å². The maximum atomic E-state index is 12.5. The van der Waals surface area contributed by atoms with Gasteiger partial charge in [0.2, 0.25) is 0 Å². The largest absolute Gasteiger partial charge is 0.495 e. The van der Waals surface area contributed by atoms with Gasteiger partial charge in [0.15, 0.2) is 0 Å². The van der Waals surface area contributed by atoms with E-state index in [1.807, 2.05) is 48.5 Å². The summed E-state index contributed by atoms with van der Waals surface area (Å²) in [6, 6.07) is 15.4. The molecule has 0 unspecified atom stereocenters. The molecule has 6 heteroatoms. The summed E-state index contributed by atoms with van der Waals surface area (Å²) in [6.07, 6.45) is 0.934. The number of piperazine rings is 1. The van der Waals surface area contributed by atoms with Crippen molar-refractivity contribution in [3.05, 3.63) is 54.1 Å². The van der Waals surface area contributed by atoms with Crippen molar-refractivity contribution < 1.29 is 14.3 Å². The minimum atomic E-state index is -0.593. The van der Waals surface area contributed by atoms with Crippen molar-refractivity contribution in [3.8, 4) is 5.75 Å². The molecule has 2 aromatic rings. The molecule has 0 saturated carbocycles. The van der Waals surface area contributed by atoms with E-state index in [-0.39, 0.29) is 0 Å². The quantitative estimate of drug-likeness (QED) is 0.844. The monoisotopic (exact) mass is 367 g/mol. The number of nitrogens with zero attached hydrogens (tertiary/aromatic N) is 2. The van der Waals surface area contributed by atoms with Gasteiger partial charge in [-0.3, -0.25) is 9.59 Å². The number of anilines is 2. The predicted molar refractivity (Wildman–Crippen MR) is 106 cm³/mol. The molecule has 0 radical (unpaired) electrons. The highest BCUT2D eigenvalue weighted by atomic mass is 16.5. The Morgan fingerprint density at radius 2 is 1.67 bits per heavy atom. The molecule has 142 valence electrons. The number of rotatable bonds is 4. The fraction of sp³-hybridized carbons (Fsp3) is 0.333. The lowest BCUT2D eigenvalue weighted by Gasteiger charge is -2.36. The smallest absolute Gasteiger partial charge is 0.313 e. The molecule has 1 aliphatic rings. The first-order chi connectivity index (χ1) is 13.1. The molecule has 0 aliphatic carbocycles. The van der Waals surface area contributed by atoms with E-state index in [1.54, 1.807) is 12.0 Å². The van der Waals surface area contributed by atoms with E-state index in [9.17, 15) is 9.59 Å². The molecule has 0 atom stereocenters. The highest BCUT2D eigenvalue weighted by Crippen LogP contribution is 2.28. The van der Waals surface area contributed by atoms with Gasteiger partial charge >= 0.3 is 11.8 Å². The third kappa shape index (κ3) is 4.39. The molecule has 6 nitrogen and oxygen atoms in total. The van der Waals surface area contributed by atoms with Gasteiger partial charge in [-0.15, -0.1) is 0 Å². The van der Waals surface area contributed by atoms with Crippen LogP contribution in [-0.2, 0) is 16.0 Å². The van der Waals surface area contributed by atoms with Crippen LogP contribution in [0.1, 0.15) is 12.5 Å². The number of amides is 2. The highest BCUT2D eigenvalue weighted by molar-refractivity contribution is 6.39. The Morgan fingerprint density at radius 1 is 1.00 bits per heavy atom. The van der Waals surface area contributed by atoms with Crippen molar-refractivity contribution >= 4 is 23.2 Å². The number of carbonyl (C=O) groups excluding carboxylic acids is 2. The van der Waals surface area contributed by atoms with Gasteiger partial charge in [-0.1, -0.05) is 31.2 Å². The van der Waals surface area contributed by atoms with Crippen LogP contribution in [0.15, 0.2) is 48.5 Å². The molecule has 1 saturated heterocycles. The zero-order valence-corrected chi connectivity index (χ0v) is 15.8. The second-order valence-electron chi connectivity index (χ2n) is 6.46. The summed E-state index contributed by atoms with van der Waals surface area (Å²) < 4.78 is 5.41. The zero-order valence-electron chi connectivity index (χ0n) is 15.8. The van der Waals surface area contributed by atoms with Gasteiger partial charge < -0.3 is 19.9 Å². The van der Waals surface area contributed by atoms with E-state index in [2.05, 4.69) is 17.1 Å². The first kappa shape index (κ1) is 18.8. The van der Waals surface area contributed by atoms with Gasteiger partial charge in [0.25, 0.3) is 0 Å². The topological polar surface area (TPSA) is 61.9 Å². The minimum Gasteiger partial charge on any atom is -0.495 e. The zero-order chi connectivity index (χ0) is 19.2. The SMILES string of the molecule is CCc1ccc(NC(=O)C(=O)N2CCN(c3ccccc3OC)CC2)cc1. The summed E-state index contributed by atoms with van der Waals surface area (Å²) in [6.45, 7) is 4.38. The molecule has 3 rings (SSSR count). The number of para-hydroxylation sites is 2. The number of benzene rings is 2. The number of hydrogen-bond donors (Lipinski definition) is 1. The lowest BCUT2D eigenvalue weighted by molar-refractivity contribution is -0.143. The number of hydrogen-bond acceptors (Lipinski definition) is 4. The van der Waals surface area contributed by atoms with Crippen molar-refractivity contribution in [2.75, 3.05) is 43.5 Å². The van der Waals surface area contributed by atoms with Crippen LogP contribution in [0.5, 0.6) is 5.75 Å². The van der Waals surface area contributed by atoms with Crippen LogP contribution < -0.4 is 15.0 Å². The van der Waals surface area contributed by atoms with Crippen LogP contribution in [-0.4, -0.2) is 50.0 Å². The molecule has 1 N–H and O–H groups in total. The van der Waals surface area contributed by atoms with Crippen molar-refractivity contribution in [1.82, 2.24) is 4.90 Å². The van der Waals surface area contributed by atoms with Crippen LogP contribution in [0.25, 0.3) is 0 Å². The molecule has 1 heterocycles. The molecule has 27 heavy (non-hydrogen) atoms. The maximum Gasteiger partial charge on any atom is 0.313 e. The molecule has 0 spiro atoms. The third-order valence-corrected chi connectivity index (χ3v) is 4.81.